The van der Waals surface area contributed by atoms with Gasteiger partial charge in [-0.1, -0.05) is 24.3 Å². The summed E-state index contributed by atoms with van der Waals surface area (Å²) in [5, 5.41) is 10.3. The average molecular weight is 499 g/mol. The van der Waals surface area contributed by atoms with E-state index in [1.165, 1.54) is 10.6 Å². The molecule has 0 saturated heterocycles. The number of rotatable bonds is 5. The minimum atomic E-state index is -4.47. The second-order valence-electron chi connectivity index (χ2n) is 9.16. The van der Waals surface area contributed by atoms with Crippen LogP contribution in [0.25, 0.3) is 16.9 Å². The van der Waals surface area contributed by atoms with Crippen LogP contribution in [0.3, 0.4) is 0 Å². The Kier molecular flexibility index (Phi) is 6.57. The lowest BCUT2D eigenvalue weighted by molar-refractivity contribution is -0.137. The number of alkyl carbamates (subject to hydrolysis) is 1. The minimum Gasteiger partial charge on any atom is -0.444 e. The smallest absolute Gasteiger partial charge is 0.416 e. The lowest BCUT2D eigenvalue weighted by Gasteiger charge is -2.19. The molecule has 2 aromatic carbocycles. The Hall–Kier alpha value is -4.15. The number of alkyl halides is 3. The van der Waals surface area contributed by atoms with E-state index >= 15 is 0 Å². The molecule has 0 spiro atoms. The first-order chi connectivity index (χ1) is 16.9. The quantitative estimate of drug-likeness (QED) is 0.357. The lowest BCUT2D eigenvalue weighted by Crippen LogP contribution is -2.32. The fourth-order valence-electron chi connectivity index (χ4n) is 3.48. The molecule has 4 rings (SSSR count). The van der Waals surface area contributed by atoms with Crippen LogP contribution in [-0.2, 0) is 17.5 Å². The lowest BCUT2D eigenvalue weighted by atomic mass is 10.1. The molecule has 1 amide bonds. The molecule has 2 heterocycles. The number of carbonyl (C=O) groups is 1. The number of hydrogen-bond acceptors (Lipinski definition) is 6. The van der Waals surface area contributed by atoms with Crippen molar-refractivity contribution in [3.05, 3.63) is 71.5 Å². The monoisotopic (exact) mass is 498 g/mol. The first kappa shape index (κ1) is 25.0. The highest BCUT2D eigenvalue weighted by atomic mass is 19.4. The molecule has 0 fully saturated rings. The van der Waals surface area contributed by atoms with Gasteiger partial charge in [0.1, 0.15) is 11.1 Å². The second kappa shape index (κ2) is 9.48. The summed E-state index contributed by atoms with van der Waals surface area (Å²) in [6.07, 6.45) is -3.43. The van der Waals surface area contributed by atoms with Crippen LogP contribution in [0.5, 0.6) is 0 Å². The van der Waals surface area contributed by atoms with E-state index in [9.17, 15) is 18.0 Å². The molecule has 8 nitrogen and oxygen atoms in total. The van der Waals surface area contributed by atoms with Crippen LogP contribution >= 0.6 is 0 Å². The summed E-state index contributed by atoms with van der Waals surface area (Å²) < 4.78 is 46.4. The Morgan fingerprint density at radius 3 is 2.56 bits per heavy atom. The summed E-state index contributed by atoms with van der Waals surface area (Å²) in [4.78, 5) is 20.7. The molecule has 2 aromatic heterocycles. The van der Waals surface area contributed by atoms with Crippen LogP contribution in [0.2, 0.25) is 0 Å². The van der Waals surface area contributed by atoms with Gasteiger partial charge in [0.2, 0.25) is 5.95 Å². The highest BCUT2D eigenvalue weighted by molar-refractivity contribution is 5.68. The van der Waals surface area contributed by atoms with Crippen molar-refractivity contribution in [1.82, 2.24) is 24.9 Å². The number of halogens is 3. The molecular weight excluding hydrogens is 473 g/mol. The Balaban J connectivity index is 1.57. The molecular formula is C25H25F3N6O2. The van der Waals surface area contributed by atoms with Gasteiger partial charge in [-0.3, -0.25) is 0 Å². The van der Waals surface area contributed by atoms with Crippen molar-refractivity contribution < 1.29 is 22.7 Å². The van der Waals surface area contributed by atoms with E-state index in [-0.39, 0.29) is 23.9 Å². The number of ether oxygens (including phenoxy) is 1. The number of benzene rings is 2. The van der Waals surface area contributed by atoms with Gasteiger partial charge < -0.3 is 15.4 Å². The minimum absolute atomic E-state index is 0.227. The summed E-state index contributed by atoms with van der Waals surface area (Å²) in [6.45, 7) is 7.35. The van der Waals surface area contributed by atoms with E-state index in [1.54, 1.807) is 46.0 Å². The largest absolute Gasteiger partial charge is 0.444 e. The number of amides is 1. The third-order valence-electron chi connectivity index (χ3n) is 5.04. The van der Waals surface area contributed by atoms with E-state index in [4.69, 9.17) is 4.74 Å². The number of aromatic nitrogens is 4. The summed E-state index contributed by atoms with van der Waals surface area (Å²) >= 11 is 0. The molecule has 0 radical (unpaired) electrons. The Morgan fingerprint density at radius 1 is 1.08 bits per heavy atom. The van der Waals surface area contributed by atoms with Crippen LogP contribution in [0.15, 0.2) is 54.7 Å². The molecule has 0 bridgehead atoms. The van der Waals surface area contributed by atoms with E-state index in [2.05, 4.69) is 25.7 Å². The fourth-order valence-corrected chi connectivity index (χ4v) is 3.48. The zero-order valence-corrected chi connectivity index (χ0v) is 20.1. The number of fused-ring (bicyclic) bond motifs is 1. The topological polar surface area (TPSA) is 93.4 Å². The fraction of sp³-hybridized carbons (Fsp3) is 0.280. The van der Waals surface area contributed by atoms with Gasteiger partial charge >= 0.3 is 12.3 Å². The predicted molar refractivity (Wildman–Crippen MR) is 129 cm³/mol. The predicted octanol–water partition coefficient (Wildman–Crippen LogP) is 5.89. The SMILES string of the molecule is Cc1nc(-c2cccc(C(F)(F)F)c2)n2nc(Nc3cccc(CNC(=O)OC(C)(C)C)c3)ncc12. The standard InChI is InChI=1S/C25H25F3N6O2/c1-15-20-14-29-22(32-19-10-5-7-16(11-19)13-30-23(35)36-24(2,3)4)33-34(20)21(31-15)17-8-6-9-18(12-17)25(26,27)28/h5-12,14H,13H2,1-4H3,(H,30,35)(H,32,33). The Morgan fingerprint density at radius 2 is 1.83 bits per heavy atom. The van der Waals surface area contributed by atoms with E-state index < -0.39 is 23.4 Å². The first-order valence-electron chi connectivity index (χ1n) is 11.1. The summed E-state index contributed by atoms with van der Waals surface area (Å²) in [5.41, 5.74) is 1.56. The highest BCUT2D eigenvalue weighted by Gasteiger charge is 2.31. The van der Waals surface area contributed by atoms with Crippen LogP contribution < -0.4 is 10.6 Å². The third kappa shape index (κ3) is 5.91. The summed E-state index contributed by atoms with van der Waals surface area (Å²) in [6, 6.07) is 12.2. The number of nitrogens with one attached hydrogen (secondary N) is 2. The number of nitrogens with zero attached hydrogens (tertiary/aromatic N) is 4. The number of imidazole rings is 1. The van der Waals surface area contributed by atoms with Crippen LogP contribution in [0.4, 0.5) is 29.6 Å². The van der Waals surface area contributed by atoms with Crippen molar-refractivity contribution in [2.75, 3.05) is 5.32 Å². The number of hydrogen-bond donors (Lipinski definition) is 2. The first-order valence-corrected chi connectivity index (χ1v) is 11.1. The second-order valence-corrected chi connectivity index (χ2v) is 9.16. The molecule has 11 heteroatoms. The summed E-state index contributed by atoms with van der Waals surface area (Å²) in [7, 11) is 0. The number of carbonyl (C=O) groups excluding carboxylic acids is 1. The molecule has 0 aliphatic carbocycles. The van der Waals surface area contributed by atoms with Gasteiger partial charge in [-0.15, -0.1) is 5.10 Å². The maximum atomic E-state index is 13.2. The van der Waals surface area contributed by atoms with Crippen LogP contribution in [0.1, 0.15) is 37.6 Å². The van der Waals surface area contributed by atoms with E-state index in [0.29, 0.717) is 16.9 Å². The Labute approximate surface area is 205 Å². The van der Waals surface area contributed by atoms with Crippen molar-refractivity contribution in [3.63, 3.8) is 0 Å². The molecule has 0 aliphatic heterocycles. The molecule has 0 aliphatic rings. The van der Waals surface area contributed by atoms with Crippen molar-refractivity contribution in [1.29, 1.82) is 0 Å². The normalized spacial score (nSPS) is 12.0. The zero-order valence-electron chi connectivity index (χ0n) is 20.1. The zero-order chi connectivity index (χ0) is 26.1. The van der Waals surface area contributed by atoms with Gasteiger partial charge in [-0.25, -0.2) is 19.3 Å². The van der Waals surface area contributed by atoms with Gasteiger partial charge in [0.25, 0.3) is 0 Å². The van der Waals surface area contributed by atoms with Gasteiger partial charge in [0.05, 0.1) is 17.5 Å². The van der Waals surface area contributed by atoms with Crippen molar-refractivity contribution in [2.45, 2.75) is 46.0 Å². The molecule has 36 heavy (non-hydrogen) atoms. The van der Waals surface area contributed by atoms with E-state index in [1.807, 2.05) is 18.2 Å². The summed E-state index contributed by atoms with van der Waals surface area (Å²) in [5.74, 6) is 0.500. The van der Waals surface area contributed by atoms with Gasteiger partial charge in [0, 0.05) is 17.8 Å². The molecule has 4 aromatic rings. The van der Waals surface area contributed by atoms with Crippen LogP contribution in [-0.4, -0.2) is 31.3 Å². The molecule has 0 unspecified atom stereocenters. The molecule has 188 valence electrons. The third-order valence-corrected chi connectivity index (χ3v) is 5.04. The van der Waals surface area contributed by atoms with Crippen LogP contribution in [0, 0.1) is 6.92 Å². The van der Waals surface area contributed by atoms with Crippen molar-refractivity contribution >= 4 is 23.2 Å². The van der Waals surface area contributed by atoms with Crippen molar-refractivity contribution in [2.24, 2.45) is 0 Å². The molecule has 0 atom stereocenters. The Bertz CT molecular complexity index is 1410. The highest BCUT2D eigenvalue weighted by Crippen LogP contribution is 2.32. The maximum Gasteiger partial charge on any atom is 0.416 e. The maximum absolute atomic E-state index is 13.2. The van der Waals surface area contributed by atoms with Crippen molar-refractivity contribution in [3.8, 4) is 11.4 Å². The van der Waals surface area contributed by atoms with Gasteiger partial charge in [-0.05, 0) is 57.5 Å². The van der Waals surface area contributed by atoms with Gasteiger partial charge in [-0.2, -0.15) is 13.2 Å². The van der Waals surface area contributed by atoms with Gasteiger partial charge in [0.15, 0.2) is 5.82 Å². The molecule has 0 saturated carbocycles. The molecule has 2 N–H and O–H groups in total. The number of anilines is 2. The van der Waals surface area contributed by atoms with E-state index in [0.717, 1.165) is 17.7 Å². The average Bonchev–Trinajstić information content (AvgIpc) is 3.12. The number of aryl methyl sites for hydroxylation is 1.